The van der Waals surface area contributed by atoms with Crippen LogP contribution in [0.3, 0.4) is 0 Å². The molecule has 0 aliphatic heterocycles. The summed E-state index contributed by atoms with van der Waals surface area (Å²) in [5.74, 6) is 0.610. The highest BCUT2D eigenvalue weighted by molar-refractivity contribution is 5.84. The number of aromatic nitrogens is 1. The van der Waals surface area contributed by atoms with E-state index in [1.165, 1.54) is 0 Å². The average Bonchev–Trinajstić information content (AvgIpc) is 2.95. The molecular formula is C18H18N2O2. The molecule has 0 aliphatic rings. The molecule has 22 heavy (non-hydrogen) atoms. The quantitative estimate of drug-likeness (QED) is 0.759. The molecule has 0 aliphatic carbocycles. The van der Waals surface area contributed by atoms with E-state index in [-0.39, 0.29) is 12.5 Å². The second-order valence-corrected chi connectivity index (χ2v) is 5.19. The summed E-state index contributed by atoms with van der Waals surface area (Å²) in [7, 11) is 0. The van der Waals surface area contributed by atoms with E-state index in [1.807, 2.05) is 61.7 Å². The zero-order valence-electron chi connectivity index (χ0n) is 12.4. The largest absolute Gasteiger partial charge is 0.484 e. The number of rotatable bonds is 5. The Morgan fingerprint density at radius 3 is 2.77 bits per heavy atom. The lowest BCUT2D eigenvalue weighted by Gasteiger charge is -2.09. The van der Waals surface area contributed by atoms with Crippen LogP contribution in [-0.4, -0.2) is 17.5 Å². The van der Waals surface area contributed by atoms with E-state index >= 15 is 0 Å². The number of carbonyl (C=O) groups is 1. The normalized spacial score (nSPS) is 10.6. The van der Waals surface area contributed by atoms with Crippen molar-refractivity contribution in [3.05, 3.63) is 65.9 Å². The van der Waals surface area contributed by atoms with Gasteiger partial charge in [0.15, 0.2) is 6.61 Å². The van der Waals surface area contributed by atoms with E-state index in [0.29, 0.717) is 6.54 Å². The maximum Gasteiger partial charge on any atom is 0.258 e. The van der Waals surface area contributed by atoms with E-state index in [1.54, 1.807) is 0 Å². The highest BCUT2D eigenvalue weighted by atomic mass is 16.5. The number of nitrogens with one attached hydrogen (secondary N) is 2. The minimum absolute atomic E-state index is 0.0210. The van der Waals surface area contributed by atoms with Crippen molar-refractivity contribution in [1.82, 2.24) is 10.3 Å². The van der Waals surface area contributed by atoms with Crippen LogP contribution in [0.2, 0.25) is 0 Å². The number of para-hydroxylation sites is 2. The first-order chi connectivity index (χ1) is 10.7. The van der Waals surface area contributed by atoms with Gasteiger partial charge in [0.2, 0.25) is 0 Å². The molecule has 0 saturated carbocycles. The monoisotopic (exact) mass is 294 g/mol. The lowest BCUT2D eigenvalue weighted by molar-refractivity contribution is -0.123. The van der Waals surface area contributed by atoms with E-state index in [9.17, 15) is 4.79 Å². The van der Waals surface area contributed by atoms with E-state index in [0.717, 1.165) is 27.8 Å². The first kappa shape index (κ1) is 14.2. The Kier molecular flexibility index (Phi) is 4.10. The molecule has 0 unspecified atom stereocenters. The van der Waals surface area contributed by atoms with Crippen molar-refractivity contribution in [2.45, 2.75) is 13.5 Å². The van der Waals surface area contributed by atoms with Crippen LogP contribution in [0.15, 0.2) is 54.7 Å². The average molecular weight is 294 g/mol. The number of fused-ring (bicyclic) bond motifs is 1. The van der Waals surface area contributed by atoms with Crippen LogP contribution in [0.1, 0.15) is 11.1 Å². The van der Waals surface area contributed by atoms with Gasteiger partial charge in [0.05, 0.1) is 0 Å². The standard InChI is InChI=1S/C18H18N2O2/c1-13-6-2-5-9-17(13)22-12-18(21)20-11-14-10-19-16-8-4-3-7-15(14)16/h2-10,19H,11-12H2,1H3,(H,20,21). The Labute approximate surface area is 129 Å². The van der Waals surface area contributed by atoms with Gasteiger partial charge in [-0.25, -0.2) is 0 Å². The molecule has 3 aromatic rings. The van der Waals surface area contributed by atoms with Crippen LogP contribution in [0, 0.1) is 6.92 Å². The van der Waals surface area contributed by atoms with E-state index < -0.39 is 0 Å². The van der Waals surface area contributed by atoms with E-state index in [2.05, 4.69) is 10.3 Å². The molecule has 4 nitrogen and oxygen atoms in total. The number of ether oxygens (including phenoxy) is 1. The molecule has 4 heteroatoms. The molecule has 0 saturated heterocycles. The third-order valence-corrected chi connectivity index (χ3v) is 3.60. The molecule has 0 bridgehead atoms. The summed E-state index contributed by atoms with van der Waals surface area (Å²) in [6, 6.07) is 15.7. The number of aryl methyl sites for hydroxylation is 1. The summed E-state index contributed by atoms with van der Waals surface area (Å²) in [4.78, 5) is 15.1. The molecule has 1 heterocycles. The molecule has 0 spiro atoms. The summed E-state index contributed by atoms with van der Waals surface area (Å²) in [5.41, 5.74) is 3.16. The van der Waals surface area contributed by atoms with Crippen LogP contribution in [0.25, 0.3) is 10.9 Å². The zero-order chi connectivity index (χ0) is 15.4. The lowest BCUT2D eigenvalue weighted by atomic mass is 10.2. The van der Waals surface area contributed by atoms with Gasteiger partial charge in [-0.15, -0.1) is 0 Å². The van der Waals surface area contributed by atoms with Crippen LogP contribution in [-0.2, 0) is 11.3 Å². The third-order valence-electron chi connectivity index (χ3n) is 3.60. The summed E-state index contributed by atoms with van der Waals surface area (Å²) in [6.07, 6.45) is 1.92. The topological polar surface area (TPSA) is 54.1 Å². The Balaban J connectivity index is 1.55. The van der Waals surface area contributed by atoms with Gasteiger partial charge in [-0.3, -0.25) is 4.79 Å². The van der Waals surface area contributed by atoms with E-state index in [4.69, 9.17) is 4.74 Å². The van der Waals surface area contributed by atoms with Crippen molar-refractivity contribution in [3.8, 4) is 5.75 Å². The van der Waals surface area contributed by atoms with Gasteiger partial charge in [0, 0.05) is 23.6 Å². The summed E-state index contributed by atoms with van der Waals surface area (Å²) < 4.78 is 5.54. The molecule has 0 fully saturated rings. The third kappa shape index (κ3) is 3.11. The van der Waals surface area contributed by atoms with Crippen LogP contribution < -0.4 is 10.1 Å². The van der Waals surface area contributed by atoms with Crippen molar-refractivity contribution < 1.29 is 9.53 Å². The van der Waals surface area contributed by atoms with Crippen LogP contribution >= 0.6 is 0 Å². The summed E-state index contributed by atoms with van der Waals surface area (Å²) in [5, 5.41) is 4.01. The zero-order valence-corrected chi connectivity index (χ0v) is 12.4. The second-order valence-electron chi connectivity index (χ2n) is 5.19. The van der Waals surface area contributed by atoms with Crippen LogP contribution in [0.5, 0.6) is 5.75 Å². The molecule has 0 atom stereocenters. The summed E-state index contributed by atoms with van der Waals surface area (Å²) in [6.45, 7) is 2.46. The smallest absolute Gasteiger partial charge is 0.258 e. The van der Waals surface area contributed by atoms with Gasteiger partial charge in [0.1, 0.15) is 5.75 Å². The molecule has 1 amide bonds. The van der Waals surface area contributed by atoms with Gasteiger partial charge in [-0.2, -0.15) is 0 Å². The van der Waals surface area contributed by atoms with Crippen molar-refractivity contribution in [2.24, 2.45) is 0 Å². The van der Waals surface area contributed by atoms with Gasteiger partial charge in [-0.05, 0) is 30.2 Å². The van der Waals surface area contributed by atoms with Crippen molar-refractivity contribution >= 4 is 16.8 Å². The Morgan fingerprint density at radius 2 is 1.91 bits per heavy atom. The van der Waals surface area contributed by atoms with Gasteiger partial charge < -0.3 is 15.0 Å². The maximum absolute atomic E-state index is 11.9. The highest BCUT2D eigenvalue weighted by Gasteiger charge is 2.07. The fraction of sp³-hybridized carbons (Fsp3) is 0.167. The Bertz CT molecular complexity index is 792. The van der Waals surface area contributed by atoms with Crippen LogP contribution in [0.4, 0.5) is 0 Å². The number of benzene rings is 2. The van der Waals surface area contributed by atoms with Crippen molar-refractivity contribution in [1.29, 1.82) is 0 Å². The number of hydrogen-bond donors (Lipinski definition) is 2. The Morgan fingerprint density at radius 1 is 1.14 bits per heavy atom. The maximum atomic E-state index is 11.9. The minimum Gasteiger partial charge on any atom is -0.484 e. The number of aromatic amines is 1. The van der Waals surface area contributed by atoms with Gasteiger partial charge >= 0.3 is 0 Å². The van der Waals surface area contributed by atoms with Gasteiger partial charge in [0.25, 0.3) is 5.91 Å². The molecular weight excluding hydrogens is 276 g/mol. The predicted octanol–water partition coefficient (Wildman–Crippen LogP) is 3.17. The predicted molar refractivity (Wildman–Crippen MR) is 86.8 cm³/mol. The number of amides is 1. The molecule has 3 rings (SSSR count). The number of H-pyrrole nitrogens is 1. The lowest BCUT2D eigenvalue weighted by Crippen LogP contribution is -2.28. The second kappa shape index (κ2) is 6.35. The molecule has 112 valence electrons. The molecule has 1 aromatic heterocycles. The van der Waals surface area contributed by atoms with Crippen molar-refractivity contribution in [3.63, 3.8) is 0 Å². The fourth-order valence-corrected chi connectivity index (χ4v) is 2.38. The molecule has 2 aromatic carbocycles. The first-order valence-corrected chi connectivity index (χ1v) is 7.24. The highest BCUT2D eigenvalue weighted by Crippen LogP contribution is 2.17. The number of carbonyl (C=O) groups excluding carboxylic acids is 1. The minimum atomic E-state index is -0.131. The first-order valence-electron chi connectivity index (χ1n) is 7.24. The fourth-order valence-electron chi connectivity index (χ4n) is 2.38. The number of hydrogen-bond acceptors (Lipinski definition) is 2. The van der Waals surface area contributed by atoms with Gasteiger partial charge in [-0.1, -0.05) is 36.4 Å². The summed E-state index contributed by atoms with van der Waals surface area (Å²) >= 11 is 0. The molecule has 2 N–H and O–H groups in total. The molecule has 0 radical (unpaired) electrons. The Hall–Kier alpha value is -2.75. The SMILES string of the molecule is Cc1ccccc1OCC(=O)NCc1c[nH]c2ccccc12. The van der Waals surface area contributed by atoms with Crippen molar-refractivity contribution in [2.75, 3.05) is 6.61 Å².